The van der Waals surface area contributed by atoms with Gasteiger partial charge in [-0.15, -0.1) is 0 Å². The number of para-hydroxylation sites is 1. The molecule has 0 saturated carbocycles. The van der Waals surface area contributed by atoms with Gasteiger partial charge in [0.2, 0.25) is 15.9 Å². The minimum Gasteiger partial charge on any atom is -0.497 e. The number of nitrogens with one attached hydrogen (secondary N) is 1. The van der Waals surface area contributed by atoms with Crippen molar-refractivity contribution >= 4 is 21.6 Å². The molecule has 152 valence electrons. The molecule has 0 fully saturated rings. The van der Waals surface area contributed by atoms with E-state index in [1.807, 2.05) is 63.2 Å². The number of rotatable bonds is 8. The molecule has 2 rings (SSSR count). The summed E-state index contributed by atoms with van der Waals surface area (Å²) < 4.78 is 31.1. The van der Waals surface area contributed by atoms with E-state index in [-0.39, 0.29) is 18.5 Å². The molecular weight excluding hydrogens is 376 g/mol. The number of amides is 1. The van der Waals surface area contributed by atoms with Crippen LogP contribution in [0.1, 0.15) is 36.1 Å². The van der Waals surface area contributed by atoms with E-state index in [1.54, 1.807) is 7.11 Å². The lowest BCUT2D eigenvalue weighted by Crippen LogP contribution is -2.42. The van der Waals surface area contributed by atoms with Gasteiger partial charge < -0.3 is 10.1 Å². The first-order valence-electron chi connectivity index (χ1n) is 9.14. The molecule has 0 spiro atoms. The predicted octanol–water partition coefficient (Wildman–Crippen LogP) is 3.35. The van der Waals surface area contributed by atoms with Crippen molar-refractivity contribution in [1.82, 2.24) is 5.32 Å². The topological polar surface area (TPSA) is 75.7 Å². The quantitative estimate of drug-likeness (QED) is 0.732. The Bertz CT molecular complexity index is 904. The number of ether oxygens (including phenoxy) is 1. The maximum absolute atomic E-state index is 12.7. The summed E-state index contributed by atoms with van der Waals surface area (Å²) >= 11 is 0. The Morgan fingerprint density at radius 2 is 1.68 bits per heavy atom. The summed E-state index contributed by atoms with van der Waals surface area (Å²) in [5.41, 5.74) is 3.10. The molecule has 0 aromatic heterocycles. The first-order chi connectivity index (χ1) is 13.2. The van der Waals surface area contributed by atoms with Gasteiger partial charge in [0.15, 0.2) is 0 Å². The van der Waals surface area contributed by atoms with Crippen LogP contribution in [0.3, 0.4) is 0 Å². The van der Waals surface area contributed by atoms with Crippen LogP contribution < -0.4 is 14.4 Å². The number of carbonyl (C=O) groups is 1. The number of aryl methyl sites for hydroxylation is 2. The largest absolute Gasteiger partial charge is 0.497 e. The van der Waals surface area contributed by atoms with Crippen molar-refractivity contribution in [2.75, 3.05) is 24.2 Å². The zero-order valence-electron chi connectivity index (χ0n) is 17.0. The van der Waals surface area contributed by atoms with E-state index in [9.17, 15) is 13.2 Å². The van der Waals surface area contributed by atoms with Crippen molar-refractivity contribution in [2.45, 2.75) is 33.2 Å². The van der Waals surface area contributed by atoms with Crippen LogP contribution in [0.2, 0.25) is 0 Å². The van der Waals surface area contributed by atoms with Gasteiger partial charge in [-0.3, -0.25) is 9.10 Å². The molecule has 0 aliphatic carbocycles. The van der Waals surface area contributed by atoms with Gasteiger partial charge in [0.05, 0.1) is 25.1 Å². The summed E-state index contributed by atoms with van der Waals surface area (Å²) in [7, 11) is -2.02. The van der Waals surface area contributed by atoms with E-state index in [1.165, 1.54) is 4.31 Å². The molecule has 0 radical (unpaired) electrons. The number of nitrogens with zero attached hydrogens (tertiary/aromatic N) is 1. The Morgan fingerprint density at radius 3 is 2.14 bits per heavy atom. The van der Waals surface area contributed by atoms with Crippen molar-refractivity contribution in [3.8, 4) is 5.75 Å². The van der Waals surface area contributed by atoms with E-state index < -0.39 is 10.0 Å². The summed E-state index contributed by atoms with van der Waals surface area (Å²) in [5.74, 6) is 0.388. The lowest BCUT2D eigenvalue weighted by Gasteiger charge is -2.26. The Hall–Kier alpha value is -2.54. The van der Waals surface area contributed by atoms with Crippen LogP contribution in [-0.2, 0) is 14.8 Å². The first-order valence-corrected chi connectivity index (χ1v) is 11.0. The summed E-state index contributed by atoms with van der Waals surface area (Å²) in [5, 5.41) is 2.95. The first kappa shape index (κ1) is 21.8. The van der Waals surface area contributed by atoms with E-state index >= 15 is 0 Å². The Balaban J connectivity index is 2.23. The third-order valence-corrected chi connectivity index (χ3v) is 5.75. The van der Waals surface area contributed by atoms with Crippen LogP contribution in [0.15, 0.2) is 42.5 Å². The van der Waals surface area contributed by atoms with Crippen molar-refractivity contribution in [1.29, 1.82) is 0 Å². The van der Waals surface area contributed by atoms with Gasteiger partial charge in [-0.25, -0.2) is 8.42 Å². The molecule has 0 saturated heterocycles. The maximum Gasteiger partial charge on any atom is 0.241 e. The standard InChI is InChI=1S/C21H28N2O4S/c1-6-19(17-10-12-18(27-4)13-11-17)22-20(24)14-23(28(5,25)26)21-15(2)8-7-9-16(21)3/h7-13,19H,6,14H2,1-5H3,(H,22,24)/t19-/m1/s1. The lowest BCUT2D eigenvalue weighted by molar-refractivity contribution is -0.120. The van der Waals surface area contributed by atoms with E-state index in [2.05, 4.69) is 5.32 Å². The fourth-order valence-electron chi connectivity index (χ4n) is 3.19. The fourth-order valence-corrected chi connectivity index (χ4v) is 4.16. The minimum atomic E-state index is -3.62. The van der Waals surface area contributed by atoms with Gasteiger partial charge in [-0.1, -0.05) is 37.3 Å². The minimum absolute atomic E-state index is 0.210. The molecule has 6 nitrogen and oxygen atoms in total. The molecule has 1 N–H and O–H groups in total. The fraction of sp³-hybridized carbons (Fsp3) is 0.381. The molecule has 0 aliphatic heterocycles. The highest BCUT2D eigenvalue weighted by molar-refractivity contribution is 7.92. The van der Waals surface area contributed by atoms with E-state index in [0.29, 0.717) is 12.1 Å². The van der Waals surface area contributed by atoms with Crippen LogP contribution in [-0.4, -0.2) is 34.2 Å². The summed E-state index contributed by atoms with van der Waals surface area (Å²) in [6.45, 7) is 5.38. The van der Waals surface area contributed by atoms with Crippen LogP contribution in [0.25, 0.3) is 0 Å². The number of hydrogen-bond donors (Lipinski definition) is 1. The molecule has 0 heterocycles. The van der Waals surface area contributed by atoms with E-state index in [4.69, 9.17) is 4.74 Å². The van der Waals surface area contributed by atoms with Gasteiger partial charge in [0.25, 0.3) is 0 Å². The summed E-state index contributed by atoms with van der Waals surface area (Å²) in [6, 6.07) is 12.8. The second kappa shape index (κ2) is 9.10. The molecule has 0 aliphatic rings. The molecular formula is C21H28N2O4S. The second-order valence-electron chi connectivity index (χ2n) is 6.81. The Kier molecular flexibility index (Phi) is 7.07. The monoisotopic (exact) mass is 404 g/mol. The molecule has 1 amide bonds. The average molecular weight is 405 g/mol. The molecule has 2 aromatic rings. The highest BCUT2D eigenvalue weighted by atomic mass is 32.2. The summed E-state index contributed by atoms with van der Waals surface area (Å²) in [6.07, 6.45) is 1.80. The molecule has 1 atom stereocenters. The van der Waals surface area contributed by atoms with Crippen LogP contribution in [0.5, 0.6) is 5.75 Å². The van der Waals surface area contributed by atoms with Gasteiger partial charge >= 0.3 is 0 Å². The molecule has 2 aromatic carbocycles. The van der Waals surface area contributed by atoms with Crippen molar-refractivity contribution < 1.29 is 17.9 Å². The molecule has 0 unspecified atom stereocenters. The number of hydrogen-bond acceptors (Lipinski definition) is 4. The lowest BCUT2D eigenvalue weighted by atomic mass is 10.0. The number of sulfonamides is 1. The third-order valence-electron chi connectivity index (χ3n) is 4.64. The normalized spacial score (nSPS) is 12.3. The Morgan fingerprint density at radius 1 is 1.11 bits per heavy atom. The zero-order valence-corrected chi connectivity index (χ0v) is 17.8. The number of carbonyl (C=O) groups excluding carboxylic acids is 1. The SMILES string of the molecule is CC[C@@H](NC(=O)CN(c1c(C)cccc1C)S(C)(=O)=O)c1ccc(OC)cc1. The smallest absolute Gasteiger partial charge is 0.241 e. The maximum atomic E-state index is 12.7. The highest BCUT2D eigenvalue weighted by Crippen LogP contribution is 2.27. The van der Waals surface area contributed by atoms with Crippen LogP contribution in [0.4, 0.5) is 5.69 Å². The molecule has 28 heavy (non-hydrogen) atoms. The highest BCUT2D eigenvalue weighted by Gasteiger charge is 2.25. The molecule has 0 bridgehead atoms. The van der Waals surface area contributed by atoms with Gasteiger partial charge in [0.1, 0.15) is 12.3 Å². The molecule has 7 heteroatoms. The van der Waals surface area contributed by atoms with Crippen molar-refractivity contribution in [3.05, 3.63) is 59.2 Å². The second-order valence-corrected chi connectivity index (χ2v) is 8.72. The predicted molar refractivity (Wildman–Crippen MR) is 112 cm³/mol. The van der Waals surface area contributed by atoms with Crippen LogP contribution in [0, 0.1) is 13.8 Å². The Labute approximate surface area is 167 Å². The van der Waals surface area contributed by atoms with Crippen LogP contribution >= 0.6 is 0 Å². The number of anilines is 1. The van der Waals surface area contributed by atoms with Gasteiger partial charge in [-0.05, 0) is 49.1 Å². The number of methoxy groups -OCH3 is 1. The van der Waals surface area contributed by atoms with Crippen molar-refractivity contribution in [2.24, 2.45) is 0 Å². The number of benzene rings is 2. The summed E-state index contributed by atoms with van der Waals surface area (Å²) in [4.78, 5) is 12.7. The van der Waals surface area contributed by atoms with Gasteiger partial charge in [0, 0.05) is 0 Å². The van der Waals surface area contributed by atoms with Crippen molar-refractivity contribution in [3.63, 3.8) is 0 Å². The zero-order chi connectivity index (χ0) is 20.9. The average Bonchev–Trinajstić information content (AvgIpc) is 2.64. The van der Waals surface area contributed by atoms with Gasteiger partial charge in [-0.2, -0.15) is 0 Å². The van der Waals surface area contributed by atoms with E-state index in [0.717, 1.165) is 28.7 Å². The third kappa shape index (κ3) is 5.25.